The minimum Gasteiger partial charge on any atom is -0.453 e. The number of nitrogens with zero attached hydrogens (tertiary/aromatic N) is 4. The van der Waals surface area contributed by atoms with Gasteiger partial charge >= 0.3 is 6.09 Å². The van der Waals surface area contributed by atoms with E-state index in [4.69, 9.17) is 14.7 Å². The van der Waals surface area contributed by atoms with Crippen molar-refractivity contribution in [3.8, 4) is 11.1 Å². The molecule has 4 aliphatic heterocycles. The molecule has 268 valence electrons. The van der Waals surface area contributed by atoms with E-state index in [-0.39, 0.29) is 29.7 Å². The predicted molar refractivity (Wildman–Crippen MR) is 202 cm³/mol. The van der Waals surface area contributed by atoms with Crippen LogP contribution in [-0.2, 0) is 14.3 Å². The molecule has 0 aromatic heterocycles. The number of nitrogens with one attached hydrogen (secondary N) is 1. The second-order valence-corrected chi connectivity index (χ2v) is 15.1. The average Bonchev–Trinajstić information content (AvgIpc) is 4.01. The van der Waals surface area contributed by atoms with Crippen LogP contribution in [-0.4, -0.2) is 78.0 Å². The van der Waals surface area contributed by atoms with Crippen LogP contribution in [0, 0.1) is 17.8 Å². The fourth-order valence-electron chi connectivity index (χ4n) is 8.68. The maximum atomic E-state index is 13.5. The molecule has 3 amide bonds. The topological polar surface area (TPSA) is 104 Å². The van der Waals surface area contributed by atoms with E-state index in [1.807, 2.05) is 31.1 Å². The molecule has 0 bridgehead atoms. The third-order valence-corrected chi connectivity index (χ3v) is 11.6. The van der Waals surface area contributed by atoms with Crippen molar-refractivity contribution in [2.75, 3.05) is 26.7 Å². The van der Waals surface area contributed by atoms with Gasteiger partial charge in [0, 0.05) is 68.1 Å². The lowest BCUT2D eigenvalue weighted by Gasteiger charge is -2.33. The molecule has 3 fully saturated rings. The number of allylic oxidation sites excluding steroid dienone is 2. The van der Waals surface area contributed by atoms with Crippen molar-refractivity contribution in [3.63, 3.8) is 0 Å². The Balaban J connectivity index is 0.944. The van der Waals surface area contributed by atoms with Crippen molar-refractivity contribution in [2.24, 2.45) is 27.7 Å². The third-order valence-electron chi connectivity index (χ3n) is 11.6. The quantitative estimate of drug-likeness (QED) is 0.294. The number of methoxy groups -OCH3 is 1. The van der Waals surface area contributed by atoms with Crippen LogP contribution in [0.4, 0.5) is 4.79 Å². The number of alkyl carbamates (subject to hydrolysis) is 1. The molecule has 1 aliphatic carbocycles. The molecule has 5 aliphatic rings. The fraction of sp³-hybridized carbons (Fsp3) is 0.500. The highest BCUT2D eigenvalue weighted by Gasteiger charge is 2.39. The number of benzene rings is 2. The summed E-state index contributed by atoms with van der Waals surface area (Å²) in [5.74, 6) is 0.573. The number of hydrogen-bond donors (Lipinski definition) is 1. The van der Waals surface area contributed by atoms with Gasteiger partial charge in [-0.1, -0.05) is 75.2 Å². The molecule has 9 nitrogen and oxygen atoms in total. The molecule has 2 saturated heterocycles. The normalized spacial score (nSPS) is 23.9. The zero-order valence-corrected chi connectivity index (χ0v) is 30.3. The van der Waals surface area contributed by atoms with Crippen LogP contribution in [0.5, 0.6) is 0 Å². The number of carbonyl (C=O) groups excluding carboxylic acids is 3. The molecular formula is C42H51N5O4. The zero-order chi connectivity index (χ0) is 35.5. The van der Waals surface area contributed by atoms with E-state index in [9.17, 15) is 14.4 Å². The Bertz CT molecular complexity index is 1750. The van der Waals surface area contributed by atoms with Gasteiger partial charge in [-0.2, -0.15) is 0 Å². The van der Waals surface area contributed by atoms with E-state index in [0.29, 0.717) is 18.9 Å². The molecule has 2 aromatic carbocycles. The minimum atomic E-state index is -0.638. The molecular weight excluding hydrogens is 638 g/mol. The Morgan fingerprint density at radius 3 is 1.90 bits per heavy atom. The van der Waals surface area contributed by atoms with Gasteiger partial charge in [-0.15, -0.1) is 0 Å². The fourth-order valence-corrected chi connectivity index (χ4v) is 8.68. The SMILES string of the molecule is COC(=O)N[C@H](C(=O)N1CCC[C@H]1C1=NC=C(c2ccc(-c3ccc(C4=CN=C(C5CCCC[C@H]5C(=O)N5CCCC5)C4)cc3)cc2)C1)C(C)C. The minimum absolute atomic E-state index is 0.0646. The molecule has 1 saturated carbocycles. The number of rotatable bonds is 9. The number of ether oxygens (including phenoxy) is 1. The Hall–Kier alpha value is -4.53. The van der Waals surface area contributed by atoms with E-state index in [1.54, 1.807) is 0 Å². The van der Waals surface area contributed by atoms with Crippen LogP contribution in [0.25, 0.3) is 22.3 Å². The largest absolute Gasteiger partial charge is 0.453 e. The summed E-state index contributed by atoms with van der Waals surface area (Å²) < 4.78 is 4.77. The molecule has 0 spiro atoms. The van der Waals surface area contributed by atoms with Crippen molar-refractivity contribution < 1.29 is 19.1 Å². The first-order chi connectivity index (χ1) is 24.8. The van der Waals surface area contributed by atoms with Crippen LogP contribution >= 0.6 is 0 Å². The highest BCUT2D eigenvalue weighted by atomic mass is 16.5. The second-order valence-electron chi connectivity index (χ2n) is 15.1. The van der Waals surface area contributed by atoms with Crippen LogP contribution in [0.1, 0.15) is 89.2 Å². The van der Waals surface area contributed by atoms with Crippen molar-refractivity contribution >= 4 is 40.5 Å². The molecule has 1 N–H and O–H groups in total. The average molecular weight is 690 g/mol. The van der Waals surface area contributed by atoms with Gasteiger partial charge in [0.25, 0.3) is 0 Å². The van der Waals surface area contributed by atoms with Gasteiger partial charge in [-0.05, 0) is 77.8 Å². The maximum absolute atomic E-state index is 13.5. The molecule has 4 atom stereocenters. The molecule has 7 rings (SSSR count). The summed E-state index contributed by atoms with van der Waals surface area (Å²) in [6.45, 7) is 6.35. The van der Waals surface area contributed by atoms with Gasteiger partial charge in [0.2, 0.25) is 11.8 Å². The lowest BCUT2D eigenvalue weighted by atomic mass is 9.74. The van der Waals surface area contributed by atoms with Gasteiger partial charge in [0.1, 0.15) is 6.04 Å². The first kappa shape index (κ1) is 34.9. The highest BCUT2D eigenvalue weighted by molar-refractivity contribution is 6.04. The molecule has 0 radical (unpaired) electrons. The van der Waals surface area contributed by atoms with Crippen LogP contribution in [0.2, 0.25) is 0 Å². The Labute approximate surface area is 301 Å². The number of carbonyl (C=O) groups is 3. The Morgan fingerprint density at radius 2 is 1.29 bits per heavy atom. The zero-order valence-electron chi connectivity index (χ0n) is 30.3. The number of likely N-dealkylation sites (tertiary alicyclic amines) is 2. The van der Waals surface area contributed by atoms with Crippen molar-refractivity contribution in [1.82, 2.24) is 15.1 Å². The number of aliphatic imine (C=N–C) groups is 2. The van der Waals surface area contributed by atoms with E-state index in [1.165, 1.54) is 30.4 Å². The predicted octanol–water partition coefficient (Wildman–Crippen LogP) is 7.53. The first-order valence-corrected chi connectivity index (χ1v) is 19.0. The van der Waals surface area contributed by atoms with Crippen molar-refractivity contribution in [3.05, 3.63) is 72.1 Å². The summed E-state index contributed by atoms with van der Waals surface area (Å²) in [6.07, 6.45) is 13.3. The molecule has 2 aromatic rings. The number of hydrogen-bond acceptors (Lipinski definition) is 6. The monoisotopic (exact) mass is 689 g/mol. The van der Waals surface area contributed by atoms with Crippen LogP contribution in [0.15, 0.2) is 70.9 Å². The van der Waals surface area contributed by atoms with Crippen LogP contribution < -0.4 is 5.32 Å². The summed E-state index contributed by atoms with van der Waals surface area (Å²) in [4.78, 5) is 52.5. The maximum Gasteiger partial charge on any atom is 0.407 e. The van der Waals surface area contributed by atoms with Crippen molar-refractivity contribution in [2.45, 2.75) is 90.1 Å². The Morgan fingerprint density at radius 1 is 0.725 bits per heavy atom. The number of amides is 3. The lowest BCUT2D eigenvalue weighted by molar-refractivity contribution is -0.136. The van der Waals surface area contributed by atoms with E-state index < -0.39 is 12.1 Å². The summed E-state index contributed by atoms with van der Waals surface area (Å²) in [5, 5.41) is 2.73. The lowest BCUT2D eigenvalue weighted by Crippen LogP contribution is -2.53. The summed E-state index contributed by atoms with van der Waals surface area (Å²) in [6, 6.07) is 16.7. The smallest absolute Gasteiger partial charge is 0.407 e. The molecule has 9 heteroatoms. The second kappa shape index (κ2) is 15.4. The summed E-state index contributed by atoms with van der Waals surface area (Å²) >= 11 is 0. The standard InChI is InChI=1S/C42H51N5O4/c1-27(2)39(45-42(50)51-3)41(49)47-22-8-11-38(47)37-24-33(26-44-37)31-18-14-29(15-19-31)28-12-16-30(17-13-28)32-23-36(43-25-32)34-9-4-5-10-35(34)40(48)46-20-6-7-21-46/h12-19,25-27,34-35,38-39H,4-11,20-24H2,1-3H3,(H,45,50)/t34?,35-,38+,39+/m1/s1. The van der Waals surface area contributed by atoms with Crippen LogP contribution in [0.3, 0.4) is 0 Å². The molecule has 51 heavy (non-hydrogen) atoms. The third kappa shape index (κ3) is 7.44. The summed E-state index contributed by atoms with van der Waals surface area (Å²) in [5.41, 5.74) is 9.20. The van der Waals surface area contributed by atoms with Gasteiger partial charge in [-0.25, -0.2) is 4.79 Å². The van der Waals surface area contributed by atoms with Gasteiger partial charge < -0.3 is 19.9 Å². The molecule has 4 heterocycles. The van der Waals surface area contributed by atoms with Gasteiger partial charge in [-0.3, -0.25) is 19.6 Å². The van der Waals surface area contributed by atoms with Gasteiger partial charge in [0.15, 0.2) is 0 Å². The molecule has 1 unspecified atom stereocenters. The summed E-state index contributed by atoms with van der Waals surface area (Å²) in [7, 11) is 1.31. The highest BCUT2D eigenvalue weighted by Crippen LogP contribution is 2.38. The van der Waals surface area contributed by atoms with E-state index in [2.05, 4.69) is 58.7 Å². The van der Waals surface area contributed by atoms with E-state index in [0.717, 1.165) is 92.4 Å². The Kier molecular flexibility index (Phi) is 10.5. The van der Waals surface area contributed by atoms with Gasteiger partial charge in [0.05, 0.1) is 13.2 Å². The van der Waals surface area contributed by atoms with E-state index >= 15 is 0 Å². The van der Waals surface area contributed by atoms with Crippen molar-refractivity contribution in [1.29, 1.82) is 0 Å². The first-order valence-electron chi connectivity index (χ1n) is 19.0.